The molecular weight excluding hydrogens is 274 g/mol. The molecule has 2 aliphatic rings. The highest BCUT2D eigenvalue weighted by Gasteiger charge is 2.42. The first-order chi connectivity index (χ1) is 9.45. The van der Waals surface area contributed by atoms with Gasteiger partial charge >= 0.3 is 0 Å². The SMILES string of the molecule is CC(NS(=O)(=O)c1ccnc(N)c1)C1CC2CCC1C2. The molecule has 20 heavy (non-hydrogen) atoms. The molecule has 3 N–H and O–H groups in total. The van der Waals surface area contributed by atoms with E-state index in [0.717, 1.165) is 12.3 Å². The van der Waals surface area contributed by atoms with Crippen molar-refractivity contribution in [3.8, 4) is 0 Å². The van der Waals surface area contributed by atoms with Crippen LogP contribution in [-0.2, 0) is 10.0 Å². The molecule has 6 heteroatoms. The molecule has 110 valence electrons. The van der Waals surface area contributed by atoms with Crippen LogP contribution in [0.25, 0.3) is 0 Å². The van der Waals surface area contributed by atoms with Crippen molar-refractivity contribution in [3.05, 3.63) is 18.3 Å². The average molecular weight is 295 g/mol. The normalized spacial score (nSPS) is 30.6. The molecule has 2 saturated carbocycles. The maximum absolute atomic E-state index is 12.4. The number of aromatic nitrogens is 1. The van der Waals surface area contributed by atoms with E-state index in [1.807, 2.05) is 6.92 Å². The number of anilines is 1. The summed E-state index contributed by atoms with van der Waals surface area (Å²) in [5.74, 6) is 2.21. The number of nitrogens with one attached hydrogen (secondary N) is 1. The van der Waals surface area contributed by atoms with Crippen molar-refractivity contribution in [2.45, 2.75) is 43.5 Å². The Bertz CT molecular complexity index is 602. The summed E-state index contributed by atoms with van der Waals surface area (Å²) >= 11 is 0. The smallest absolute Gasteiger partial charge is 0.241 e. The Balaban J connectivity index is 1.73. The second kappa shape index (κ2) is 5.00. The molecule has 2 aliphatic carbocycles. The Morgan fingerprint density at radius 2 is 2.20 bits per heavy atom. The van der Waals surface area contributed by atoms with E-state index < -0.39 is 10.0 Å². The van der Waals surface area contributed by atoms with Gasteiger partial charge in [-0.1, -0.05) is 6.42 Å². The number of nitrogen functional groups attached to an aromatic ring is 1. The molecule has 3 rings (SSSR count). The van der Waals surface area contributed by atoms with Gasteiger partial charge in [-0.05, 0) is 50.0 Å². The van der Waals surface area contributed by atoms with E-state index in [9.17, 15) is 8.42 Å². The second-order valence-corrected chi connectivity index (χ2v) is 7.88. The maximum atomic E-state index is 12.4. The van der Waals surface area contributed by atoms with Gasteiger partial charge in [0.05, 0.1) is 4.90 Å². The number of hydrogen-bond acceptors (Lipinski definition) is 4. The monoisotopic (exact) mass is 295 g/mol. The van der Waals surface area contributed by atoms with Gasteiger partial charge in [-0.3, -0.25) is 0 Å². The van der Waals surface area contributed by atoms with Crippen LogP contribution in [0, 0.1) is 17.8 Å². The average Bonchev–Trinajstić information content (AvgIpc) is 3.00. The summed E-state index contributed by atoms with van der Waals surface area (Å²) in [6, 6.07) is 2.85. The second-order valence-electron chi connectivity index (χ2n) is 6.17. The van der Waals surface area contributed by atoms with Crippen molar-refractivity contribution in [3.63, 3.8) is 0 Å². The Morgan fingerprint density at radius 3 is 2.80 bits per heavy atom. The van der Waals surface area contributed by atoms with Crippen LogP contribution in [-0.4, -0.2) is 19.4 Å². The van der Waals surface area contributed by atoms with Crippen LogP contribution in [0.3, 0.4) is 0 Å². The molecule has 4 unspecified atom stereocenters. The molecule has 4 atom stereocenters. The van der Waals surface area contributed by atoms with E-state index in [4.69, 9.17) is 5.73 Å². The lowest BCUT2D eigenvalue weighted by molar-refractivity contribution is 0.280. The van der Waals surface area contributed by atoms with E-state index in [2.05, 4.69) is 9.71 Å². The van der Waals surface area contributed by atoms with Crippen molar-refractivity contribution in [2.24, 2.45) is 17.8 Å². The van der Waals surface area contributed by atoms with Gasteiger partial charge in [-0.15, -0.1) is 0 Å². The first-order valence-electron chi connectivity index (χ1n) is 7.19. The lowest BCUT2D eigenvalue weighted by Crippen LogP contribution is -2.40. The number of nitrogens with zero attached hydrogens (tertiary/aromatic N) is 1. The van der Waals surface area contributed by atoms with Gasteiger partial charge in [-0.25, -0.2) is 18.1 Å². The summed E-state index contributed by atoms with van der Waals surface area (Å²) in [7, 11) is -3.51. The highest BCUT2D eigenvalue weighted by molar-refractivity contribution is 7.89. The summed E-state index contributed by atoms with van der Waals surface area (Å²) < 4.78 is 27.5. The molecule has 0 amide bonds. The molecule has 1 aromatic rings. The first kappa shape index (κ1) is 13.8. The Hall–Kier alpha value is -1.14. The van der Waals surface area contributed by atoms with Crippen LogP contribution in [0.15, 0.2) is 23.2 Å². The van der Waals surface area contributed by atoms with E-state index >= 15 is 0 Å². The van der Waals surface area contributed by atoms with Crippen LogP contribution < -0.4 is 10.5 Å². The molecule has 2 bridgehead atoms. The van der Waals surface area contributed by atoms with Gasteiger partial charge in [0.25, 0.3) is 0 Å². The fraction of sp³-hybridized carbons (Fsp3) is 0.643. The first-order valence-corrected chi connectivity index (χ1v) is 8.68. The van der Waals surface area contributed by atoms with Crippen molar-refractivity contribution in [1.82, 2.24) is 9.71 Å². The molecule has 5 nitrogen and oxygen atoms in total. The van der Waals surface area contributed by atoms with Gasteiger partial charge in [-0.2, -0.15) is 0 Å². The summed E-state index contributed by atoms with van der Waals surface area (Å²) in [5, 5.41) is 0. The number of rotatable bonds is 4. The minimum absolute atomic E-state index is 0.0234. The minimum Gasteiger partial charge on any atom is -0.384 e. The number of sulfonamides is 1. The zero-order chi connectivity index (χ0) is 14.3. The number of pyridine rings is 1. The highest BCUT2D eigenvalue weighted by atomic mass is 32.2. The molecule has 2 fully saturated rings. The third-order valence-corrected chi connectivity index (χ3v) is 6.40. The van der Waals surface area contributed by atoms with Crippen molar-refractivity contribution in [1.29, 1.82) is 0 Å². The Kier molecular flexibility index (Phi) is 3.46. The summed E-state index contributed by atoms with van der Waals surface area (Å²) in [6.07, 6.45) is 6.43. The van der Waals surface area contributed by atoms with Crippen molar-refractivity contribution >= 4 is 15.8 Å². The number of fused-ring (bicyclic) bond motifs is 2. The maximum Gasteiger partial charge on any atom is 0.241 e. The largest absolute Gasteiger partial charge is 0.384 e. The molecule has 1 heterocycles. The van der Waals surface area contributed by atoms with E-state index in [1.165, 1.54) is 37.6 Å². The topological polar surface area (TPSA) is 85.1 Å². The van der Waals surface area contributed by atoms with Gasteiger partial charge in [0, 0.05) is 18.3 Å². The predicted octanol–water partition coefficient (Wildman–Crippen LogP) is 1.77. The van der Waals surface area contributed by atoms with Crippen molar-refractivity contribution in [2.75, 3.05) is 5.73 Å². The van der Waals surface area contributed by atoms with Crippen LogP contribution in [0.4, 0.5) is 5.82 Å². The Morgan fingerprint density at radius 1 is 1.40 bits per heavy atom. The predicted molar refractivity (Wildman–Crippen MR) is 77.4 cm³/mol. The molecule has 0 saturated heterocycles. The Labute approximate surface area is 120 Å². The molecule has 0 aromatic carbocycles. The van der Waals surface area contributed by atoms with Gasteiger partial charge in [0.2, 0.25) is 10.0 Å². The van der Waals surface area contributed by atoms with E-state index in [0.29, 0.717) is 11.8 Å². The van der Waals surface area contributed by atoms with Gasteiger partial charge in [0.1, 0.15) is 5.82 Å². The zero-order valence-corrected chi connectivity index (χ0v) is 12.4. The van der Waals surface area contributed by atoms with E-state index in [-0.39, 0.29) is 16.8 Å². The molecule has 0 spiro atoms. The molecular formula is C14H21N3O2S. The van der Waals surface area contributed by atoms with Crippen LogP contribution in [0.1, 0.15) is 32.6 Å². The third-order valence-electron chi connectivity index (χ3n) is 4.84. The summed E-state index contributed by atoms with van der Waals surface area (Å²) in [6.45, 7) is 1.98. The third kappa shape index (κ3) is 2.54. The standard InChI is InChI=1S/C14H21N3O2S/c1-9(13-7-10-2-3-11(13)6-10)17-20(18,19)12-4-5-16-14(15)8-12/h4-5,8-11,13,17H,2-3,6-7H2,1H3,(H2,15,16). The summed E-state index contributed by atoms with van der Waals surface area (Å²) in [5.41, 5.74) is 5.55. The van der Waals surface area contributed by atoms with Crippen LogP contribution in [0.5, 0.6) is 0 Å². The zero-order valence-electron chi connectivity index (χ0n) is 11.6. The lowest BCUT2D eigenvalue weighted by Gasteiger charge is -2.28. The lowest BCUT2D eigenvalue weighted by atomic mass is 9.84. The number of hydrogen-bond donors (Lipinski definition) is 2. The van der Waals surface area contributed by atoms with Crippen LogP contribution >= 0.6 is 0 Å². The van der Waals surface area contributed by atoms with Gasteiger partial charge in [0.15, 0.2) is 0 Å². The fourth-order valence-corrected chi connectivity index (χ4v) is 5.22. The van der Waals surface area contributed by atoms with Crippen LogP contribution in [0.2, 0.25) is 0 Å². The van der Waals surface area contributed by atoms with E-state index in [1.54, 1.807) is 0 Å². The molecule has 0 radical (unpaired) electrons. The fourth-order valence-electron chi connectivity index (χ4n) is 3.90. The van der Waals surface area contributed by atoms with Crippen molar-refractivity contribution < 1.29 is 8.42 Å². The van der Waals surface area contributed by atoms with Gasteiger partial charge < -0.3 is 5.73 Å². The highest BCUT2D eigenvalue weighted by Crippen LogP contribution is 2.49. The molecule has 1 aromatic heterocycles. The number of nitrogens with two attached hydrogens (primary N) is 1. The summed E-state index contributed by atoms with van der Waals surface area (Å²) in [4.78, 5) is 4.02. The quantitative estimate of drug-likeness (QED) is 0.886. The minimum atomic E-state index is -3.51. The molecule has 0 aliphatic heterocycles.